The quantitative estimate of drug-likeness (QED) is 0.639. The largest absolute Gasteiger partial charge is 0.493 e. The molecule has 2 N–H and O–H groups in total. The molecule has 0 aromatic heterocycles. The van der Waals surface area contributed by atoms with Gasteiger partial charge in [-0.05, 0) is 38.1 Å². The number of benzene rings is 1. The van der Waals surface area contributed by atoms with E-state index in [4.69, 9.17) is 14.2 Å². The second kappa shape index (κ2) is 9.89. The molecule has 0 radical (unpaired) electrons. The predicted molar refractivity (Wildman–Crippen MR) is 86.0 cm³/mol. The molecule has 1 aromatic carbocycles. The van der Waals surface area contributed by atoms with Gasteiger partial charge in [-0.25, -0.2) is 0 Å². The Labute approximate surface area is 132 Å². The van der Waals surface area contributed by atoms with Crippen molar-refractivity contribution < 1.29 is 19.0 Å². The summed E-state index contributed by atoms with van der Waals surface area (Å²) in [5.41, 5.74) is 0.922. The summed E-state index contributed by atoms with van der Waals surface area (Å²) >= 11 is 0. The topological polar surface area (TPSA) is 68.8 Å². The number of hydrogen-bond acceptors (Lipinski definition) is 5. The monoisotopic (exact) mass is 310 g/mol. The summed E-state index contributed by atoms with van der Waals surface area (Å²) in [6, 6.07) is 3.72. The molecule has 124 valence electrons. The smallest absolute Gasteiger partial charge is 0.220 e. The molecule has 0 saturated carbocycles. The molecule has 1 aromatic rings. The number of hydrogen-bond donors (Lipinski definition) is 2. The van der Waals surface area contributed by atoms with Gasteiger partial charge in [0.15, 0.2) is 11.5 Å². The van der Waals surface area contributed by atoms with E-state index in [1.165, 1.54) is 0 Å². The average molecular weight is 310 g/mol. The number of methoxy groups -OCH3 is 3. The van der Waals surface area contributed by atoms with Crippen molar-refractivity contribution in [3.63, 3.8) is 0 Å². The molecule has 0 fully saturated rings. The van der Waals surface area contributed by atoms with Gasteiger partial charge in [0.05, 0.1) is 21.3 Å². The van der Waals surface area contributed by atoms with E-state index in [0.29, 0.717) is 36.6 Å². The normalized spacial score (nSPS) is 10.2. The molecular formula is C16H26N2O4. The lowest BCUT2D eigenvalue weighted by atomic mass is 10.1. The number of rotatable bonds is 10. The van der Waals surface area contributed by atoms with Gasteiger partial charge in [-0.1, -0.05) is 6.07 Å². The molecule has 0 aliphatic rings. The Morgan fingerprint density at radius 1 is 1.05 bits per heavy atom. The van der Waals surface area contributed by atoms with Crippen molar-refractivity contribution in [3.8, 4) is 17.2 Å². The molecule has 22 heavy (non-hydrogen) atoms. The Hall–Kier alpha value is -1.95. The molecule has 1 amide bonds. The average Bonchev–Trinajstić information content (AvgIpc) is 2.55. The lowest BCUT2D eigenvalue weighted by Crippen LogP contribution is -2.26. The van der Waals surface area contributed by atoms with E-state index in [1.807, 2.05) is 19.2 Å². The summed E-state index contributed by atoms with van der Waals surface area (Å²) < 4.78 is 16.0. The molecule has 0 spiro atoms. The number of amides is 1. The zero-order chi connectivity index (χ0) is 16.4. The summed E-state index contributed by atoms with van der Waals surface area (Å²) in [6.07, 6.45) is 1.91. The fourth-order valence-electron chi connectivity index (χ4n) is 2.19. The van der Waals surface area contributed by atoms with Gasteiger partial charge in [0.2, 0.25) is 11.7 Å². The molecule has 0 heterocycles. The summed E-state index contributed by atoms with van der Waals surface area (Å²) in [5, 5.41) is 5.94. The first-order valence-electron chi connectivity index (χ1n) is 7.37. The standard InChI is InChI=1S/C16H26N2O4/c1-17-10-5-11-18-14(19)9-7-12-6-8-13(20-2)16(22-4)15(12)21-3/h6,8,17H,5,7,9-11H2,1-4H3,(H,18,19). The maximum atomic E-state index is 11.8. The summed E-state index contributed by atoms with van der Waals surface area (Å²) in [7, 11) is 6.62. The van der Waals surface area contributed by atoms with Crippen LogP contribution in [0.25, 0.3) is 0 Å². The maximum Gasteiger partial charge on any atom is 0.220 e. The highest BCUT2D eigenvalue weighted by atomic mass is 16.5. The van der Waals surface area contributed by atoms with Crippen molar-refractivity contribution in [1.29, 1.82) is 0 Å². The van der Waals surface area contributed by atoms with E-state index in [1.54, 1.807) is 21.3 Å². The Kier molecular flexibility index (Phi) is 8.14. The minimum atomic E-state index is 0.0351. The van der Waals surface area contributed by atoms with Crippen LogP contribution in [-0.4, -0.2) is 47.4 Å². The van der Waals surface area contributed by atoms with Gasteiger partial charge in [0.1, 0.15) is 0 Å². The van der Waals surface area contributed by atoms with Gasteiger partial charge < -0.3 is 24.8 Å². The zero-order valence-corrected chi connectivity index (χ0v) is 13.8. The van der Waals surface area contributed by atoms with Crippen LogP contribution >= 0.6 is 0 Å². The minimum absolute atomic E-state index is 0.0351. The molecular weight excluding hydrogens is 284 g/mol. The molecule has 0 saturated heterocycles. The van der Waals surface area contributed by atoms with Gasteiger partial charge in [0.25, 0.3) is 0 Å². The molecule has 0 unspecified atom stereocenters. The summed E-state index contributed by atoms with van der Waals surface area (Å²) in [4.78, 5) is 11.8. The van der Waals surface area contributed by atoms with E-state index in [9.17, 15) is 4.79 Å². The van der Waals surface area contributed by atoms with E-state index in [0.717, 1.165) is 18.5 Å². The lowest BCUT2D eigenvalue weighted by Gasteiger charge is -2.15. The Morgan fingerprint density at radius 3 is 2.36 bits per heavy atom. The number of nitrogens with one attached hydrogen (secondary N) is 2. The van der Waals surface area contributed by atoms with E-state index in [-0.39, 0.29) is 5.91 Å². The predicted octanol–water partition coefficient (Wildman–Crippen LogP) is 1.37. The summed E-state index contributed by atoms with van der Waals surface area (Å²) in [5.74, 6) is 1.81. The number of carbonyl (C=O) groups is 1. The Bertz CT molecular complexity index is 477. The van der Waals surface area contributed by atoms with Crippen LogP contribution in [-0.2, 0) is 11.2 Å². The number of ether oxygens (including phenoxy) is 3. The van der Waals surface area contributed by atoms with Gasteiger partial charge in [-0.15, -0.1) is 0 Å². The Balaban J connectivity index is 2.63. The van der Waals surface area contributed by atoms with Crippen molar-refractivity contribution in [2.45, 2.75) is 19.3 Å². The SMILES string of the molecule is CNCCCNC(=O)CCc1ccc(OC)c(OC)c1OC. The van der Waals surface area contributed by atoms with Crippen molar-refractivity contribution in [1.82, 2.24) is 10.6 Å². The van der Waals surface area contributed by atoms with Crippen LogP contribution in [0.4, 0.5) is 0 Å². The van der Waals surface area contributed by atoms with Crippen LogP contribution in [0.5, 0.6) is 17.2 Å². The van der Waals surface area contributed by atoms with Crippen molar-refractivity contribution in [2.75, 3.05) is 41.5 Å². The molecule has 1 rings (SSSR count). The van der Waals surface area contributed by atoms with Crippen LogP contribution in [0.2, 0.25) is 0 Å². The highest BCUT2D eigenvalue weighted by Gasteiger charge is 2.16. The van der Waals surface area contributed by atoms with Crippen LogP contribution in [0.1, 0.15) is 18.4 Å². The number of carbonyl (C=O) groups excluding carboxylic acids is 1. The Morgan fingerprint density at radius 2 is 1.77 bits per heavy atom. The van der Waals surface area contributed by atoms with Gasteiger partial charge in [0, 0.05) is 13.0 Å². The number of aryl methyl sites for hydroxylation is 1. The highest BCUT2D eigenvalue weighted by molar-refractivity contribution is 5.76. The van der Waals surface area contributed by atoms with Crippen LogP contribution in [0, 0.1) is 0 Å². The van der Waals surface area contributed by atoms with Crippen molar-refractivity contribution >= 4 is 5.91 Å². The lowest BCUT2D eigenvalue weighted by molar-refractivity contribution is -0.121. The summed E-state index contributed by atoms with van der Waals surface area (Å²) in [6.45, 7) is 1.58. The van der Waals surface area contributed by atoms with E-state index < -0.39 is 0 Å². The van der Waals surface area contributed by atoms with Crippen LogP contribution in [0.3, 0.4) is 0 Å². The first-order valence-corrected chi connectivity index (χ1v) is 7.37. The van der Waals surface area contributed by atoms with Gasteiger partial charge in [-0.3, -0.25) is 4.79 Å². The second-order valence-corrected chi connectivity index (χ2v) is 4.80. The van der Waals surface area contributed by atoms with Crippen molar-refractivity contribution in [3.05, 3.63) is 17.7 Å². The highest BCUT2D eigenvalue weighted by Crippen LogP contribution is 2.40. The zero-order valence-electron chi connectivity index (χ0n) is 13.8. The van der Waals surface area contributed by atoms with Gasteiger partial charge >= 0.3 is 0 Å². The van der Waals surface area contributed by atoms with E-state index in [2.05, 4.69) is 10.6 Å². The molecule has 0 aliphatic carbocycles. The molecule has 6 nitrogen and oxygen atoms in total. The first kappa shape index (κ1) is 18.1. The second-order valence-electron chi connectivity index (χ2n) is 4.80. The minimum Gasteiger partial charge on any atom is -0.493 e. The molecule has 6 heteroatoms. The van der Waals surface area contributed by atoms with Crippen LogP contribution in [0.15, 0.2) is 12.1 Å². The first-order chi connectivity index (χ1) is 10.7. The van der Waals surface area contributed by atoms with Gasteiger partial charge in [-0.2, -0.15) is 0 Å². The fourth-order valence-corrected chi connectivity index (χ4v) is 2.19. The third-order valence-electron chi connectivity index (χ3n) is 3.33. The molecule has 0 bridgehead atoms. The molecule has 0 atom stereocenters. The van der Waals surface area contributed by atoms with Crippen molar-refractivity contribution in [2.24, 2.45) is 0 Å². The van der Waals surface area contributed by atoms with Crippen LogP contribution < -0.4 is 24.8 Å². The third kappa shape index (κ3) is 5.11. The molecule has 0 aliphatic heterocycles. The van der Waals surface area contributed by atoms with E-state index >= 15 is 0 Å². The fraction of sp³-hybridized carbons (Fsp3) is 0.562. The third-order valence-corrected chi connectivity index (χ3v) is 3.33. The maximum absolute atomic E-state index is 11.8.